The molecule has 0 aliphatic heterocycles. The Balaban J connectivity index is 2.94. The van der Waals surface area contributed by atoms with Crippen molar-refractivity contribution in [1.29, 1.82) is 0 Å². The van der Waals surface area contributed by atoms with E-state index in [0.29, 0.717) is 0 Å². The Morgan fingerprint density at radius 3 is 2.45 bits per heavy atom. The Labute approximate surface area is 117 Å². The highest BCUT2D eigenvalue weighted by Crippen LogP contribution is 2.20. The molecule has 1 rings (SSSR count). The summed E-state index contributed by atoms with van der Waals surface area (Å²) in [6.07, 6.45) is 0. The van der Waals surface area contributed by atoms with Gasteiger partial charge in [-0.2, -0.15) is 0 Å². The first kappa shape index (κ1) is 16.1. The predicted octanol–water partition coefficient (Wildman–Crippen LogP) is 1.92. The number of carbonyl (C=O) groups excluding carboxylic acids is 2. The van der Waals surface area contributed by atoms with Crippen LogP contribution < -0.4 is 11.1 Å². The minimum Gasteiger partial charge on any atom is -0.465 e. The average Bonchev–Trinajstić information content (AvgIpc) is 2.38. The van der Waals surface area contributed by atoms with Crippen LogP contribution in [0.4, 0.5) is 10.1 Å². The SMILES string of the molecule is COC(=O)c1cc(NC(=O)C(N)C(C)(C)C)ccc1F. The number of nitrogens with one attached hydrogen (secondary N) is 1. The summed E-state index contributed by atoms with van der Waals surface area (Å²) in [5, 5.41) is 2.56. The largest absolute Gasteiger partial charge is 0.465 e. The van der Waals surface area contributed by atoms with Gasteiger partial charge in [-0.05, 0) is 23.6 Å². The molecule has 1 atom stereocenters. The highest BCUT2D eigenvalue weighted by atomic mass is 19.1. The van der Waals surface area contributed by atoms with Crippen LogP contribution in [0.25, 0.3) is 0 Å². The van der Waals surface area contributed by atoms with E-state index in [2.05, 4.69) is 10.1 Å². The Morgan fingerprint density at radius 1 is 1.35 bits per heavy atom. The first-order valence-corrected chi connectivity index (χ1v) is 6.11. The van der Waals surface area contributed by atoms with Crippen molar-refractivity contribution in [3.05, 3.63) is 29.6 Å². The highest BCUT2D eigenvalue weighted by molar-refractivity contribution is 5.97. The zero-order valence-corrected chi connectivity index (χ0v) is 12.0. The number of ether oxygens (including phenoxy) is 1. The van der Waals surface area contributed by atoms with Crippen LogP contribution in [0.3, 0.4) is 0 Å². The molecule has 0 fully saturated rings. The number of nitrogens with two attached hydrogens (primary N) is 1. The van der Waals surface area contributed by atoms with E-state index in [1.807, 2.05) is 20.8 Å². The van der Waals surface area contributed by atoms with Crippen molar-refractivity contribution in [2.24, 2.45) is 11.1 Å². The van der Waals surface area contributed by atoms with Gasteiger partial charge in [0.15, 0.2) is 0 Å². The minimum atomic E-state index is -0.807. The van der Waals surface area contributed by atoms with Crippen molar-refractivity contribution in [2.75, 3.05) is 12.4 Å². The lowest BCUT2D eigenvalue weighted by Gasteiger charge is -2.25. The Kier molecular flexibility index (Phi) is 4.83. The Morgan fingerprint density at radius 2 is 1.95 bits per heavy atom. The zero-order chi connectivity index (χ0) is 15.5. The number of halogens is 1. The lowest BCUT2D eigenvalue weighted by Crippen LogP contribution is -2.45. The molecule has 0 aromatic heterocycles. The van der Waals surface area contributed by atoms with Gasteiger partial charge < -0.3 is 15.8 Å². The first-order valence-electron chi connectivity index (χ1n) is 6.11. The fourth-order valence-electron chi connectivity index (χ4n) is 1.48. The number of benzene rings is 1. The summed E-state index contributed by atoms with van der Waals surface area (Å²) < 4.78 is 17.9. The van der Waals surface area contributed by atoms with Gasteiger partial charge in [-0.3, -0.25) is 4.79 Å². The lowest BCUT2D eigenvalue weighted by atomic mass is 9.87. The third kappa shape index (κ3) is 3.77. The summed E-state index contributed by atoms with van der Waals surface area (Å²) in [5.41, 5.74) is 5.46. The van der Waals surface area contributed by atoms with E-state index < -0.39 is 29.2 Å². The lowest BCUT2D eigenvalue weighted by molar-refractivity contribution is -0.119. The number of rotatable bonds is 3. The summed E-state index contributed by atoms with van der Waals surface area (Å²) in [4.78, 5) is 23.3. The quantitative estimate of drug-likeness (QED) is 0.830. The van der Waals surface area contributed by atoms with Crippen LogP contribution in [0.15, 0.2) is 18.2 Å². The third-order valence-corrected chi connectivity index (χ3v) is 2.85. The van der Waals surface area contributed by atoms with Gasteiger partial charge in [0.2, 0.25) is 5.91 Å². The molecule has 3 N–H and O–H groups in total. The monoisotopic (exact) mass is 282 g/mol. The fourth-order valence-corrected chi connectivity index (χ4v) is 1.48. The van der Waals surface area contributed by atoms with Crippen LogP contribution in [-0.2, 0) is 9.53 Å². The molecule has 0 aliphatic carbocycles. The van der Waals surface area contributed by atoms with E-state index >= 15 is 0 Å². The molecule has 1 aromatic carbocycles. The molecule has 0 heterocycles. The Bertz CT molecular complexity index is 524. The maximum Gasteiger partial charge on any atom is 0.340 e. The summed E-state index contributed by atoms with van der Waals surface area (Å²) in [6.45, 7) is 5.51. The fraction of sp³-hybridized carbons (Fsp3) is 0.429. The van der Waals surface area contributed by atoms with Crippen molar-refractivity contribution in [3.8, 4) is 0 Å². The summed E-state index contributed by atoms with van der Waals surface area (Å²) >= 11 is 0. The van der Waals surface area contributed by atoms with E-state index in [1.165, 1.54) is 12.1 Å². The van der Waals surface area contributed by atoms with E-state index in [0.717, 1.165) is 13.2 Å². The second-order valence-corrected chi connectivity index (χ2v) is 5.52. The van der Waals surface area contributed by atoms with E-state index in [-0.39, 0.29) is 11.3 Å². The number of hydrogen-bond acceptors (Lipinski definition) is 4. The second-order valence-electron chi connectivity index (χ2n) is 5.52. The normalized spacial score (nSPS) is 12.7. The number of carbonyl (C=O) groups is 2. The van der Waals surface area contributed by atoms with E-state index in [1.54, 1.807) is 0 Å². The molecule has 0 spiro atoms. The zero-order valence-electron chi connectivity index (χ0n) is 12.0. The molecule has 1 unspecified atom stereocenters. The van der Waals surface area contributed by atoms with Gasteiger partial charge in [0.05, 0.1) is 18.7 Å². The second kappa shape index (κ2) is 6.00. The van der Waals surface area contributed by atoms with Crippen LogP contribution in [0.2, 0.25) is 0 Å². The van der Waals surface area contributed by atoms with Crippen molar-refractivity contribution in [3.63, 3.8) is 0 Å². The molecule has 0 radical (unpaired) electrons. The number of anilines is 1. The molecule has 6 heteroatoms. The van der Waals surface area contributed by atoms with Crippen LogP contribution in [-0.4, -0.2) is 25.0 Å². The van der Waals surface area contributed by atoms with E-state index in [4.69, 9.17) is 5.73 Å². The van der Waals surface area contributed by atoms with Gasteiger partial charge in [-0.1, -0.05) is 20.8 Å². The maximum atomic E-state index is 13.5. The van der Waals surface area contributed by atoms with Gasteiger partial charge in [0.1, 0.15) is 5.82 Å². The molecule has 1 amide bonds. The summed E-state index contributed by atoms with van der Waals surface area (Å²) in [7, 11) is 1.16. The van der Waals surface area contributed by atoms with Gasteiger partial charge in [0, 0.05) is 5.69 Å². The van der Waals surface area contributed by atoms with Crippen LogP contribution in [0.1, 0.15) is 31.1 Å². The topological polar surface area (TPSA) is 81.4 Å². The number of hydrogen-bond donors (Lipinski definition) is 2. The van der Waals surface area contributed by atoms with Crippen LogP contribution in [0, 0.1) is 11.2 Å². The molecule has 5 nitrogen and oxygen atoms in total. The first-order chi connectivity index (χ1) is 9.16. The standard InChI is InChI=1S/C14H19FN2O3/c1-14(2,3)11(16)12(18)17-8-5-6-10(15)9(7-8)13(19)20-4/h5-7,11H,16H2,1-4H3,(H,17,18). The van der Waals surface area contributed by atoms with Gasteiger partial charge in [0.25, 0.3) is 0 Å². The van der Waals surface area contributed by atoms with Crippen molar-refractivity contribution in [1.82, 2.24) is 0 Å². The molecule has 0 bridgehead atoms. The van der Waals surface area contributed by atoms with Crippen molar-refractivity contribution >= 4 is 17.6 Å². The third-order valence-electron chi connectivity index (χ3n) is 2.85. The Hall–Kier alpha value is -1.95. The summed E-state index contributed by atoms with van der Waals surface area (Å²) in [6, 6.07) is 2.93. The van der Waals surface area contributed by atoms with Crippen LogP contribution >= 0.6 is 0 Å². The van der Waals surface area contributed by atoms with E-state index in [9.17, 15) is 14.0 Å². The van der Waals surface area contributed by atoms with Crippen molar-refractivity contribution in [2.45, 2.75) is 26.8 Å². The van der Waals surface area contributed by atoms with Gasteiger partial charge >= 0.3 is 5.97 Å². The maximum absolute atomic E-state index is 13.5. The molecule has 0 saturated heterocycles. The molecule has 110 valence electrons. The van der Waals surface area contributed by atoms with Crippen LogP contribution in [0.5, 0.6) is 0 Å². The number of methoxy groups -OCH3 is 1. The highest BCUT2D eigenvalue weighted by Gasteiger charge is 2.27. The summed E-state index contributed by atoms with van der Waals surface area (Å²) in [5.74, 6) is -1.92. The van der Waals surface area contributed by atoms with Gasteiger partial charge in [-0.25, -0.2) is 9.18 Å². The van der Waals surface area contributed by atoms with Crippen molar-refractivity contribution < 1.29 is 18.7 Å². The van der Waals surface area contributed by atoms with Gasteiger partial charge in [-0.15, -0.1) is 0 Å². The molecule has 0 saturated carbocycles. The molecular formula is C14H19FN2O3. The average molecular weight is 282 g/mol. The number of esters is 1. The number of amides is 1. The molecule has 0 aliphatic rings. The molecular weight excluding hydrogens is 263 g/mol. The minimum absolute atomic E-state index is 0.241. The molecule has 20 heavy (non-hydrogen) atoms. The molecule has 1 aromatic rings. The predicted molar refractivity (Wildman–Crippen MR) is 73.8 cm³/mol. The smallest absolute Gasteiger partial charge is 0.340 e.